The van der Waals surface area contributed by atoms with Gasteiger partial charge in [0.25, 0.3) is 0 Å². The number of rotatable bonds is 4. The van der Waals surface area contributed by atoms with Crippen molar-refractivity contribution in [2.75, 3.05) is 6.54 Å². The molecule has 1 N–H and O–H groups in total. The Balaban J connectivity index is 2.14. The van der Waals surface area contributed by atoms with E-state index in [1.807, 2.05) is 12.1 Å². The zero-order valence-corrected chi connectivity index (χ0v) is 12.9. The van der Waals surface area contributed by atoms with E-state index in [1.54, 1.807) is 0 Å². The van der Waals surface area contributed by atoms with Crippen LogP contribution in [-0.2, 0) is 0 Å². The van der Waals surface area contributed by atoms with Crippen LogP contribution in [0.5, 0.6) is 0 Å². The van der Waals surface area contributed by atoms with Crippen LogP contribution in [0.3, 0.4) is 0 Å². The summed E-state index contributed by atoms with van der Waals surface area (Å²) >= 11 is 12.3. The average molecular weight is 286 g/mol. The number of nitrogens with one attached hydrogen (secondary N) is 1. The summed E-state index contributed by atoms with van der Waals surface area (Å²) in [6.45, 7) is 10.0. The van der Waals surface area contributed by atoms with Gasteiger partial charge in [-0.05, 0) is 41.5 Å². The molecule has 1 nitrogen and oxygen atoms in total. The van der Waals surface area contributed by atoms with E-state index in [-0.39, 0.29) is 0 Å². The summed E-state index contributed by atoms with van der Waals surface area (Å²) in [5.74, 6) is 1.19. The van der Waals surface area contributed by atoms with Crippen molar-refractivity contribution in [1.82, 2.24) is 5.32 Å². The van der Waals surface area contributed by atoms with E-state index in [9.17, 15) is 0 Å². The molecular formula is C15H21Cl2N. The van der Waals surface area contributed by atoms with Crippen LogP contribution in [0.1, 0.15) is 39.2 Å². The van der Waals surface area contributed by atoms with Gasteiger partial charge < -0.3 is 5.32 Å². The number of halogens is 2. The second kappa shape index (κ2) is 5.03. The van der Waals surface area contributed by atoms with Crippen molar-refractivity contribution >= 4 is 23.2 Å². The second-order valence-corrected chi connectivity index (χ2v) is 6.98. The van der Waals surface area contributed by atoms with Gasteiger partial charge in [-0.15, -0.1) is 0 Å². The normalized spacial score (nSPS) is 25.5. The lowest BCUT2D eigenvalue weighted by Gasteiger charge is -2.08. The van der Waals surface area contributed by atoms with E-state index in [0.29, 0.717) is 28.3 Å². The minimum absolute atomic E-state index is 0.319. The Morgan fingerprint density at radius 3 is 2.50 bits per heavy atom. The molecule has 0 radical (unpaired) electrons. The van der Waals surface area contributed by atoms with Crippen molar-refractivity contribution in [3.05, 3.63) is 33.8 Å². The van der Waals surface area contributed by atoms with Crippen LogP contribution in [0.15, 0.2) is 18.2 Å². The first kappa shape index (κ1) is 14.2. The summed E-state index contributed by atoms with van der Waals surface area (Å²) < 4.78 is 0. The summed E-state index contributed by atoms with van der Waals surface area (Å²) in [6, 6.07) is 6.39. The van der Waals surface area contributed by atoms with Gasteiger partial charge in [0.05, 0.1) is 0 Å². The molecule has 1 aromatic carbocycles. The predicted molar refractivity (Wildman–Crippen MR) is 79.6 cm³/mol. The van der Waals surface area contributed by atoms with Gasteiger partial charge in [0.1, 0.15) is 0 Å². The van der Waals surface area contributed by atoms with Crippen LogP contribution in [0.25, 0.3) is 0 Å². The first-order valence-electron chi connectivity index (χ1n) is 6.52. The lowest BCUT2D eigenvalue weighted by Crippen LogP contribution is -2.26. The molecule has 18 heavy (non-hydrogen) atoms. The molecule has 0 aliphatic heterocycles. The number of hydrogen-bond acceptors (Lipinski definition) is 1. The molecule has 0 amide bonds. The second-order valence-electron chi connectivity index (χ2n) is 6.13. The Hall–Kier alpha value is -0.240. The summed E-state index contributed by atoms with van der Waals surface area (Å²) in [4.78, 5) is 0. The van der Waals surface area contributed by atoms with Gasteiger partial charge in [-0.3, -0.25) is 0 Å². The van der Waals surface area contributed by atoms with Crippen LogP contribution in [0, 0.1) is 11.3 Å². The molecular weight excluding hydrogens is 265 g/mol. The summed E-state index contributed by atoms with van der Waals surface area (Å²) in [5.41, 5.74) is 1.56. The van der Waals surface area contributed by atoms with E-state index in [1.165, 1.54) is 5.56 Å². The summed E-state index contributed by atoms with van der Waals surface area (Å²) in [5, 5.41) is 5.03. The Kier molecular flexibility index (Phi) is 3.96. The van der Waals surface area contributed by atoms with Gasteiger partial charge in [0.15, 0.2) is 0 Å². The van der Waals surface area contributed by atoms with E-state index in [0.717, 1.165) is 11.6 Å². The SMILES string of the molecule is CC(C)NCC1C(c2ccc(Cl)cc2Cl)C1(C)C. The highest BCUT2D eigenvalue weighted by molar-refractivity contribution is 6.35. The molecule has 1 fully saturated rings. The highest BCUT2D eigenvalue weighted by atomic mass is 35.5. The largest absolute Gasteiger partial charge is 0.314 e. The standard InChI is InChI=1S/C15H21Cl2N/c1-9(2)18-8-12-14(15(12,3)4)11-6-5-10(16)7-13(11)17/h5-7,9,12,14,18H,8H2,1-4H3. The van der Waals surface area contributed by atoms with Crippen LogP contribution in [-0.4, -0.2) is 12.6 Å². The van der Waals surface area contributed by atoms with E-state index >= 15 is 0 Å². The molecule has 2 rings (SSSR count). The van der Waals surface area contributed by atoms with Gasteiger partial charge in [-0.2, -0.15) is 0 Å². The molecule has 100 valence electrons. The lowest BCUT2D eigenvalue weighted by atomic mass is 10.0. The highest BCUT2D eigenvalue weighted by Crippen LogP contribution is 2.65. The molecule has 1 aromatic rings. The Morgan fingerprint density at radius 2 is 1.94 bits per heavy atom. The molecule has 2 unspecified atom stereocenters. The smallest absolute Gasteiger partial charge is 0.0455 e. The van der Waals surface area contributed by atoms with Crippen LogP contribution >= 0.6 is 23.2 Å². The molecule has 2 atom stereocenters. The first-order valence-corrected chi connectivity index (χ1v) is 7.28. The first-order chi connectivity index (χ1) is 8.34. The van der Waals surface area contributed by atoms with Crippen molar-refractivity contribution in [2.24, 2.45) is 11.3 Å². The highest BCUT2D eigenvalue weighted by Gasteiger charge is 2.58. The molecule has 0 heterocycles. The minimum Gasteiger partial charge on any atom is -0.314 e. The maximum Gasteiger partial charge on any atom is 0.0455 e. The average Bonchev–Trinajstić information content (AvgIpc) is 2.77. The summed E-state index contributed by atoms with van der Waals surface area (Å²) in [6.07, 6.45) is 0. The lowest BCUT2D eigenvalue weighted by molar-refractivity contribution is 0.491. The van der Waals surface area contributed by atoms with Crippen LogP contribution in [0.4, 0.5) is 0 Å². The van der Waals surface area contributed by atoms with E-state index in [4.69, 9.17) is 23.2 Å². The fourth-order valence-corrected chi connectivity index (χ4v) is 3.38. The van der Waals surface area contributed by atoms with Gasteiger partial charge in [0, 0.05) is 16.1 Å². The van der Waals surface area contributed by atoms with Crippen molar-refractivity contribution in [3.63, 3.8) is 0 Å². The van der Waals surface area contributed by atoms with Gasteiger partial charge in [-0.1, -0.05) is 57.0 Å². The maximum atomic E-state index is 6.31. The monoisotopic (exact) mass is 285 g/mol. The van der Waals surface area contributed by atoms with E-state index < -0.39 is 0 Å². The Bertz CT molecular complexity index is 440. The van der Waals surface area contributed by atoms with Crippen molar-refractivity contribution < 1.29 is 0 Å². The quantitative estimate of drug-likeness (QED) is 0.843. The fourth-order valence-electron chi connectivity index (χ4n) is 2.86. The van der Waals surface area contributed by atoms with Gasteiger partial charge in [0.2, 0.25) is 0 Å². The zero-order valence-electron chi connectivity index (χ0n) is 11.4. The van der Waals surface area contributed by atoms with Crippen molar-refractivity contribution in [3.8, 4) is 0 Å². The molecule has 0 bridgehead atoms. The number of hydrogen-bond donors (Lipinski definition) is 1. The minimum atomic E-state index is 0.319. The van der Waals surface area contributed by atoms with Crippen LogP contribution in [0.2, 0.25) is 10.0 Å². The third kappa shape index (κ3) is 2.68. The molecule has 0 aromatic heterocycles. The Labute approximate surface area is 120 Å². The molecule has 0 spiro atoms. The van der Waals surface area contributed by atoms with E-state index in [2.05, 4.69) is 39.1 Å². The molecule has 1 saturated carbocycles. The molecule has 3 heteroatoms. The van der Waals surface area contributed by atoms with Gasteiger partial charge >= 0.3 is 0 Å². The molecule has 1 aliphatic carbocycles. The molecule has 1 aliphatic rings. The molecule has 0 saturated heterocycles. The third-order valence-electron chi connectivity index (χ3n) is 4.09. The predicted octanol–water partition coefficient (Wildman–Crippen LogP) is 4.73. The maximum absolute atomic E-state index is 6.31. The number of benzene rings is 1. The third-order valence-corrected chi connectivity index (χ3v) is 4.66. The fraction of sp³-hybridized carbons (Fsp3) is 0.600. The Morgan fingerprint density at radius 1 is 1.28 bits per heavy atom. The van der Waals surface area contributed by atoms with Crippen LogP contribution < -0.4 is 5.32 Å². The summed E-state index contributed by atoms with van der Waals surface area (Å²) in [7, 11) is 0. The van der Waals surface area contributed by atoms with Gasteiger partial charge in [-0.25, -0.2) is 0 Å². The topological polar surface area (TPSA) is 12.0 Å². The van der Waals surface area contributed by atoms with Crippen molar-refractivity contribution in [1.29, 1.82) is 0 Å². The zero-order chi connectivity index (χ0) is 13.5. The van der Waals surface area contributed by atoms with Crippen molar-refractivity contribution in [2.45, 2.75) is 39.7 Å².